The van der Waals surface area contributed by atoms with E-state index < -0.39 is 33.9 Å². The van der Waals surface area contributed by atoms with Gasteiger partial charge in [0.05, 0.1) is 22.3 Å². The third kappa shape index (κ3) is 11.2. The van der Waals surface area contributed by atoms with E-state index in [4.69, 9.17) is 26.4 Å². The lowest BCUT2D eigenvalue weighted by molar-refractivity contribution is -0.147. The summed E-state index contributed by atoms with van der Waals surface area (Å²) in [6, 6.07) is 18.4. The van der Waals surface area contributed by atoms with E-state index in [1.54, 1.807) is 61.5 Å². The predicted octanol–water partition coefficient (Wildman–Crippen LogP) is 7.00. The molecule has 1 saturated carbocycles. The van der Waals surface area contributed by atoms with Crippen LogP contribution in [0, 0.1) is 25.7 Å². The molecule has 3 aromatic rings. The summed E-state index contributed by atoms with van der Waals surface area (Å²) in [7, 11) is -4.05. The Morgan fingerprint density at radius 3 is 2.07 bits per heavy atom. The Morgan fingerprint density at radius 1 is 0.929 bits per heavy atom. The van der Waals surface area contributed by atoms with Crippen molar-refractivity contribution >= 4 is 61.2 Å². The molecule has 0 bridgehead atoms. The van der Waals surface area contributed by atoms with Crippen LogP contribution in [0.4, 0.5) is 5.69 Å². The van der Waals surface area contributed by atoms with Crippen LogP contribution in [-0.4, -0.2) is 41.0 Å². The Labute approximate surface area is 258 Å². The van der Waals surface area contributed by atoms with Gasteiger partial charge in [-0.25, -0.2) is 4.79 Å². The Bertz CT molecular complexity index is 1500. The Hall–Kier alpha value is -3.25. The van der Waals surface area contributed by atoms with E-state index in [1.807, 2.05) is 13.0 Å². The molecule has 226 valence electrons. The zero-order valence-corrected chi connectivity index (χ0v) is 26.2. The summed E-state index contributed by atoms with van der Waals surface area (Å²) in [5.41, 5.74) is 3.49. The van der Waals surface area contributed by atoms with Crippen LogP contribution < -0.4 is 5.32 Å². The molecule has 3 aromatic carbocycles. The fraction of sp³-hybridized carbons (Fsp3) is 0.300. The van der Waals surface area contributed by atoms with Crippen LogP contribution in [-0.2, 0) is 25.0 Å². The molecule has 0 saturated heterocycles. The quantitative estimate of drug-likeness (QED) is 0.160. The summed E-state index contributed by atoms with van der Waals surface area (Å²) in [6.07, 6.45) is 2.99. The molecule has 0 spiro atoms. The van der Waals surface area contributed by atoms with Crippen LogP contribution in [0.2, 0.25) is 5.02 Å². The third-order valence-electron chi connectivity index (χ3n) is 6.47. The molecule has 12 heteroatoms. The fourth-order valence-electron chi connectivity index (χ4n) is 4.38. The van der Waals surface area contributed by atoms with Gasteiger partial charge in [-0.1, -0.05) is 70.2 Å². The second-order valence-corrected chi connectivity index (χ2v) is 12.1. The van der Waals surface area contributed by atoms with Gasteiger partial charge in [-0.05, 0) is 80.3 Å². The average Bonchev–Trinajstić information content (AvgIpc) is 2.94. The first-order chi connectivity index (χ1) is 19.7. The first-order valence-electron chi connectivity index (χ1n) is 12.9. The van der Waals surface area contributed by atoms with E-state index in [0.717, 1.165) is 24.0 Å². The third-order valence-corrected chi connectivity index (χ3v) is 8.38. The molecule has 0 heterocycles. The number of hydrogen-bond donors (Lipinski definition) is 4. The minimum absolute atomic E-state index is 0.0203. The van der Waals surface area contributed by atoms with Crippen molar-refractivity contribution in [3.05, 3.63) is 94.0 Å². The van der Waals surface area contributed by atoms with Crippen LogP contribution in [0.15, 0.2) is 71.6 Å². The van der Waals surface area contributed by atoms with Gasteiger partial charge in [0, 0.05) is 16.0 Å². The SMILES string of the molecule is Cc1ccc(S(=O)(=O)O)c(C)c1.O=C(Nc1ccc(Cl)cc1)[C@H]1CCCC[C@H]1C(=O)O.O=C(O)c1cccc(CBr)c1. The standard InChI is InChI=1S/C14H16ClNO3.C8H7BrO2.C8H10O3S/c15-9-5-7-10(8-6-9)16-13(17)11-3-1-2-4-12(11)14(18)19;9-5-6-2-1-3-7(4-6)8(10)11;1-6-3-4-8(7(2)5-6)12(9,10)11/h5-8,11-12H,1-4H2,(H,16,17)(H,18,19);1-4H,5H2,(H,10,11);3-5H,1-2H3,(H,9,10,11)/t11-,12+;;/m0../s1. The zero-order valence-electron chi connectivity index (χ0n) is 23.1. The largest absolute Gasteiger partial charge is 0.481 e. The monoisotopic (exact) mass is 681 g/mol. The molecular formula is C30H33BrClNO8S. The highest BCUT2D eigenvalue weighted by Gasteiger charge is 2.35. The van der Waals surface area contributed by atoms with Gasteiger partial charge >= 0.3 is 11.9 Å². The van der Waals surface area contributed by atoms with E-state index in [2.05, 4.69) is 21.2 Å². The summed E-state index contributed by atoms with van der Waals surface area (Å²) < 4.78 is 30.2. The van der Waals surface area contributed by atoms with E-state index >= 15 is 0 Å². The number of rotatable bonds is 6. The van der Waals surface area contributed by atoms with Crippen molar-refractivity contribution in [3.8, 4) is 0 Å². The number of nitrogens with one attached hydrogen (secondary N) is 1. The number of carboxylic acid groups (broad SMARTS) is 2. The average molecular weight is 683 g/mol. The van der Waals surface area contributed by atoms with Crippen molar-refractivity contribution in [3.63, 3.8) is 0 Å². The highest BCUT2D eigenvalue weighted by molar-refractivity contribution is 9.08. The van der Waals surface area contributed by atoms with Crippen molar-refractivity contribution in [2.75, 3.05) is 5.32 Å². The molecular weight excluding hydrogens is 650 g/mol. The summed E-state index contributed by atoms with van der Waals surface area (Å²) in [5, 5.41) is 21.8. The molecule has 4 N–H and O–H groups in total. The van der Waals surface area contributed by atoms with Gasteiger partial charge in [0.1, 0.15) is 0 Å². The van der Waals surface area contributed by atoms with Crippen molar-refractivity contribution in [1.29, 1.82) is 0 Å². The van der Waals surface area contributed by atoms with Crippen molar-refractivity contribution in [2.24, 2.45) is 11.8 Å². The van der Waals surface area contributed by atoms with E-state index in [0.29, 0.717) is 40.0 Å². The number of aromatic carboxylic acids is 1. The number of anilines is 1. The molecule has 0 aliphatic heterocycles. The van der Waals surface area contributed by atoms with Gasteiger partial charge in [-0.3, -0.25) is 14.1 Å². The molecule has 4 rings (SSSR count). The first kappa shape index (κ1) is 34.9. The van der Waals surface area contributed by atoms with E-state index in [1.165, 1.54) is 6.07 Å². The number of carboxylic acids is 2. The molecule has 0 radical (unpaired) electrons. The van der Waals surface area contributed by atoms with E-state index in [-0.39, 0.29) is 10.8 Å². The lowest BCUT2D eigenvalue weighted by Gasteiger charge is -2.27. The molecule has 1 fully saturated rings. The maximum absolute atomic E-state index is 12.2. The van der Waals surface area contributed by atoms with Crippen LogP contribution in [0.25, 0.3) is 0 Å². The minimum Gasteiger partial charge on any atom is -0.481 e. The second-order valence-electron chi connectivity index (χ2n) is 9.72. The maximum atomic E-state index is 12.2. The Balaban J connectivity index is 0.000000233. The molecule has 1 amide bonds. The predicted molar refractivity (Wildman–Crippen MR) is 165 cm³/mol. The molecule has 42 heavy (non-hydrogen) atoms. The number of carbonyl (C=O) groups excluding carboxylic acids is 1. The molecule has 1 aliphatic rings. The number of amides is 1. The van der Waals surface area contributed by atoms with Crippen LogP contribution in [0.1, 0.15) is 52.7 Å². The lowest BCUT2D eigenvalue weighted by atomic mass is 9.78. The summed E-state index contributed by atoms with van der Waals surface area (Å²) in [6.45, 7) is 3.51. The number of alkyl halides is 1. The first-order valence-corrected chi connectivity index (χ1v) is 15.9. The number of aryl methyl sites for hydroxylation is 2. The van der Waals surface area contributed by atoms with Crippen LogP contribution >= 0.6 is 27.5 Å². The summed E-state index contributed by atoms with van der Waals surface area (Å²) >= 11 is 9.02. The van der Waals surface area contributed by atoms with Crippen molar-refractivity contribution in [1.82, 2.24) is 0 Å². The number of carbonyl (C=O) groups is 3. The molecule has 9 nitrogen and oxygen atoms in total. The van der Waals surface area contributed by atoms with E-state index in [9.17, 15) is 22.8 Å². The number of halogens is 2. The van der Waals surface area contributed by atoms with Crippen molar-refractivity contribution < 1.29 is 37.6 Å². The topological polar surface area (TPSA) is 158 Å². The van der Waals surface area contributed by atoms with Gasteiger partial charge in [0.2, 0.25) is 5.91 Å². The highest BCUT2D eigenvalue weighted by atomic mass is 79.9. The molecule has 1 aliphatic carbocycles. The molecule has 0 unspecified atom stereocenters. The van der Waals surface area contributed by atoms with Crippen LogP contribution in [0.3, 0.4) is 0 Å². The minimum atomic E-state index is -4.05. The van der Waals surface area contributed by atoms with Gasteiger partial charge in [0.15, 0.2) is 0 Å². The fourth-order valence-corrected chi connectivity index (χ4v) is 5.57. The Morgan fingerprint density at radius 2 is 1.55 bits per heavy atom. The summed E-state index contributed by atoms with van der Waals surface area (Å²) in [5.74, 6) is -2.99. The molecule has 0 aromatic heterocycles. The van der Waals surface area contributed by atoms with Gasteiger partial charge in [0.25, 0.3) is 10.1 Å². The second kappa shape index (κ2) is 16.4. The number of benzene rings is 3. The number of hydrogen-bond acceptors (Lipinski definition) is 5. The van der Waals surface area contributed by atoms with Gasteiger partial charge in [-0.15, -0.1) is 0 Å². The number of aliphatic carboxylic acids is 1. The molecule has 2 atom stereocenters. The lowest BCUT2D eigenvalue weighted by Crippen LogP contribution is -2.36. The highest BCUT2D eigenvalue weighted by Crippen LogP contribution is 2.31. The smallest absolute Gasteiger partial charge is 0.335 e. The summed E-state index contributed by atoms with van der Waals surface area (Å²) in [4.78, 5) is 33.8. The maximum Gasteiger partial charge on any atom is 0.335 e. The zero-order chi connectivity index (χ0) is 31.4. The van der Waals surface area contributed by atoms with Crippen LogP contribution in [0.5, 0.6) is 0 Å². The van der Waals surface area contributed by atoms with Crippen molar-refractivity contribution in [2.45, 2.75) is 49.8 Å². The normalized spacial score (nSPS) is 16.1. The van der Waals surface area contributed by atoms with Gasteiger partial charge < -0.3 is 15.5 Å². The Kier molecular flexibility index (Phi) is 13.6. The van der Waals surface area contributed by atoms with Gasteiger partial charge in [-0.2, -0.15) is 8.42 Å².